The third-order valence-electron chi connectivity index (χ3n) is 3.26. The first-order chi connectivity index (χ1) is 10.1. The maximum atomic E-state index is 12.1. The summed E-state index contributed by atoms with van der Waals surface area (Å²) in [7, 11) is 0. The molecular weight excluding hydrogens is 276 g/mol. The van der Waals surface area contributed by atoms with E-state index in [0.29, 0.717) is 13.0 Å². The van der Waals surface area contributed by atoms with Crippen molar-refractivity contribution in [3.05, 3.63) is 57.8 Å². The van der Waals surface area contributed by atoms with Gasteiger partial charge in [-0.15, -0.1) is 0 Å². The fourth-order valence-electron chi connectivity index (χ4n) is 2.27. The second kappa shape index (κ2) is 5.28. The molecule has 0 saturated carbocycles. The van der Waals surface area contributed by atoms with Crippen LogP contribution in [0.1, 0.15) is 28.6 Å². The molecule has 0 spiro atoms. The van der Waals surface area contributed by atoms with Gasteiger partial charge in [0, 0.05) is 12.0 Å². The molecule has 1 aromatic carbocycles. The van der Waals surface area contributed by atoms with Crippen molar-refractivity contribution in [3.63, 3.8) is 0 Å². The Morgan fingerprint density at radius 1 is 1.29 bits per heavy atom. The van der Waals surface area contributed by atoms with Gasteiger partial charge in [-0.2, -0.15) is 0 Å². The smallest absolute Gasteiger partial charge is 0.433 e. The Morgan fingerprint density at radius 3 is 2.86 bits per heavy atom. The summed E-state index contributed by atoms with van der Waals surface area (Å²) >= 11 is 0. The maximum Gasteiger partial charge on any atom is 0.433 e. The van der Waals surface area contributed by atoms with Gasteiger partial charge in [0.2, 0.25) is 0 Å². The van der Waals surface area contributed by atoms with Crippen LogP contribution in [0.15, 0.2) is 40.8 Å². The van der Waals surface area contributed by atoms with Crippen molar-refractivity contribution in [1.29, 1.82) is 0 Å². The molecule has 0 bridgehead atoms. The number of carbonyl (C=O) groups excluding carboxylic acids is 1. The topological polar surface area (TPSA) is 94.6 Å². The third kappa shape index (κ3) is 2.58. The van der Waals surface area contributed by atoms with Crippen molar-refractivity contribution in [2.24, 2.45) is 0 Å². The summed E-state index contributed by atoms with van der Waals surface area (Å²) in [6.07, 6.45) is 0.631. The lowest BCUT2D eigenvalue weighted by Crippen LogP contribution is -2.31. The van der Waals surface area contributed by atoms with E-state index in [9.17, 15) is 14.9 Å². The SMILES string of the molecule is O=C(NC1CCOc2ccccc21)c1ccc([N+](=O)[O-])o1. The van der Waals surface area contributed by atoms with Gasteiger partial charge >= 0.3 is 5.88 Å². The number of hydrogen-bond acceptors (Lipinski definition) is 5. The lowest BCUT2D eigenvalue weighted by atomic mass is 10.0. The van der Waals surface area contributed by atoms with E-state index in [1.54, 1.807) is 0 Å². The molecule has 1 aliphatic heterocycles. The zero-order chi connectivity index (χ0) is 14.8. The number of para-hydroxylation sites is 1. The van der Waals surface area contributed by atoms with Gasteiger partial charge < -0.3 is 14.5 Å². The molecule has 2 aromatic rings. The minimum atomic E-state index is -0.680. The molecule has 3 rings (SSSR count). The van der Waals surface area contributed by atoms with Crippen molar-refractivity contribution in [3.8, 4) is 5.75 Å². The first kappa shape index (κ1) is 13.2. The van der Waals surface area contributed by atoms with Crippen molar-refractivity contribution < 1.29 is 18.9 Å². The van der Waals surface area contributed by atoms with E-state index in [4.69, 9.17) is 9.15 Å². The van der Waals surface area contributed by atoms with Gasteiger partial charge in [0.1, 0.15) is 10.7 Å². The van der Waals surface area contributed by atoms with Crippen LogP contribution in [-0.2, 0) is 0 Å². The zero-order valence-electron chi connectivity index (χ0n) is 10.9. The molecule has 1 unspecified atom stereocenters. The molecule has 1 aromatic heterocycles. The number of benzene rings is 1. The normalized spacial score (nSPS) is 16.7. The Morgan fingerprint density at radius 2 is 2.10 bits per heavy atom. The summed E-state index contributed by atoms with van der Waals surface area (Å²) in [6.45, 7) is 0.500. The average Bonchev–Trinajstić information content (AvgIpc) is 2.98. The molecule has 7 nitrogen and oxygen atoms in total. The van der Waals surface area contributed by atoms with Crippen molar-refractivity contribution in [1.82, 2.24) is 5.32 Å². The second-order valence-electron chi connectivity index (χ2n) is 4.60. The van der Waals surface area contributed by atoms with Crippen LogP contribution in [-0.4, -0.2) is 17.4 Å². The van der Waals surface area contributed by atoms with Crippen LogP contribution in [0, 0.1) is 10.1 Å². The highest BCUT2D eigenvalue weighted by atomic mass is 16.6. The number of nitro groups is 1. The van der Waals surface area contributed by atoms with Crippen LogP contribution in [0.2, 0.25) is 0 Å². The Balaban J connectivity index is 1.77. The molecule has 0 fully saturated rings. The summed E-state index contributed by atoms with van der Waals surface area (Å²) in [5.41, 5.74) is 0.887. The van der Waals surface area contributed by atoms with Crippen LogP contribution in [0.4, 0.5) is 5.88 Å². The molecule has 0 saturated heterocycles. The number of nitrogens with zero attached hydrogens (tertiary/aromatic N) is 1. The quantitative estimate of drug-likeness (QED) is 0.691. The van der Waals surface area contributed by atoms with Crippen LogP contribution < -0.4 is 10.1 Å². The van der Waals surface area contributed by atoms with E-state index in [-0.39, 0.29) is 11.8 Å². The number of ether oxygens (including phenoxy) is 1. The Labute approximate surface area is 119 Å². The number of fused-ring (bicyclic) bond motifs is 1. The maximum absolute atomic E-state index is 12.1. The summed E-state index contributed by atoms with van der Waals surface area (Å²) in [6, 6.07) is 9.69. The molecular formula is C14H12N2O5. The lowest BCUT2D eigenvalue weighted by molar-refractivity contribution is -0.402. The van der Waals surface area contributed by atoms with Crippen LogP contribution in [0.25, 0.3) is 0 Å². The van der Waals surface area contributed by atoms with E-state index in [0.717, 1.165) is 17.4 Å². The Kier molecular flexibility index (Phi) is 3.31. The van der Waals surface area contributed by atoms with Crippen molar-refractivity contribution in [2.75, 3.05) is 6.61 Å². The van der Waals surface area contributed by atoms with E-state index in [1.807, 2.05) is 24.3 Å². The minimum absolute atomic E-state index is 0.0781. The van der Waals surface area contributed by atoms with Crippen LogP contribution in [0.3, 0.4) is 0 Å². The number of carbonyl (C=O) groups is 1. The summed E-state index contributed by atoms with van der Waals surface area (Å²) in [5, 5.41) is 13.4. The molecule has 1 amide bonds. The summed E-state index contributed by atoms with van der Waals surface area (Å²) < 4.78 is 10.4. The molecule has 1 N–H and O–H groups in total. The van der Waals surface area contributed by atoms with Gasteiger partial charge in [0.05, 0.1) is 18.7 Å². The standard InChI is InChI=1S/C14H12N2O5/c17-14(12-5-6-13(21-12)16(18)19)15-10-7-8-20-11-4-2-1-3-9(10)11/h1-6,10H,7-8H2,(H,15,17). The molecule has 0 aliphatic carbocycles. The van der Waals surface area contributed by atoms with Gasteiger partial charge in [-0.1, -0.05) is 18.2 Å². The van der Waals surface area contributed by atoms with Gasteiger partial charge in [-0.25, -0.2) is 0 Å². The van der Waals surface area contributed by atoms with E-state index < -0.39 is 16.7 Å². The third-order valence-corrected chi connectivity index (χ3v) is 3.26. The summed E-state index contributed by atoms with van der Waals surface area (Å²) in [5.74, 6) is -0.275. The molecule has 1 aliphatic rings. The number of rotatable bonds is 3. The number of furan rings is 1. The van der Waals surface area contributed by atoms with Gasteiger partial charge in [-0.3, -0.25) is 14.9 Å². The fourth-order valence-corrected chi connectivity index (χ4v) is 2.27. The molecule has 108 valence electrons. The lowest BCUT2D eigenvalue weighted by Gasteiger charge is -2.26. The van der Waals surface area contributed by atoms with Gasteiger partial charge in [-0.05, 0) is 12.1 Å². The highest BCUT2D eigenvalue weighted by Gasteiger charge is 2.25. The average molecular weight is 288 g/mol. The monoisotopic (exact) mass is 288 g/mol. The zero-order valence-corrected chi connectivity index (χ0v) is 10.9. The van der Waals surface area contributed by atoms with Gasteiger partial charge in [0.15, 0.2) is 5.76 Å². The number of amides is 1. The number of nitrogens with one attached hydrogen (secondary N) is 1. The fraction of sp³-hybridized carbons (Fsp3) is 0.214. The molecule has 21 heavy (non-hydrogen) atoms. The Hall–Kier alpha value is -2.83. The van der Waals surface area contributed by atoms with Crippen molar-refractivity contribution in [2.45, 2.75) is 12.5 Å². The predicted molar refractivity (Wildman–Crippen MR) is 72.1 cm³/mol. The highest BCUT2D eigenvalue weighted by Crippen LogP contribution is 2.31. The van der Waals surface area contributed by atoms with Gasteiger partial charge in [0.25, 0.3) is 5.91 Å². The second-order valence-corrected chi connectivity index (χ2v) is 4.60. The Bertz CT molecular complexity index is 694. The van der Waals surface area contributed by atoms with Crippen LogP contribution in [0.5, 0.6) is 5.75 Å². The van der Waals surface area contributed by atoms with Crippen LogP contribution >= 0.6 is 0 Å². The first-order valence-corrected chi connectivity index (χ1v) is 6.42. The molecule has 0 radical (unpaired) electrons. The minimum Gasteiger partial charge on any atom is -0.493 e. The largest absolute Gasteiger partial charge is 0.493 e. The molecule has 1 atom stereocenters. The molecule has 7 heteroatoms. The number of hydrogen-bond donors (Lipinski definition) is 1. The van der Waals surface area contributed by atoms with E-state index >= 15 is 0 Å². The predicted octanol–water partition coefficient (Wildman–Crippen LogP) is 2.44. The van der Waals surface area contributed by atoms with Crippen molar-refractivity contribution >= 4 is 11.8 Å². The highest BCUT2D eigenvalue weighted by molar-refractivity contribution is 5.92. The molecule has 2 heterocycles. The van der Waals surface area contributed by atoms with E-state index in [1.165, 1.54) is 6.07 Å². The van der Waals surface area contributed by atoms with E-state index in [2.05, 4.69) is 5.32 Å². The first-order valence-electron chi connectivity index (χ1n) is 6.42. The summed E-state index contributed by atoms with van der Waals surface area (Å²) in [4.78, 5) is 22.0.